The van der Waals surface area contributed by atoms with Gasteiger partial charge in [0.05, 0.1) is 13.7 Å². The highest BCUT2D eigenvalue weighted by Crippen LogP contribution is 2.25. The van der Waals surface area contributed by atoms with Crippen molar-refractivity contribution in [1.29, 1.82) is 0 Å². The van der Waals surface area contributed by atoms with Gasteiger partial charge in [0.25, 0.3) is 0 Å². The molecule has 2 amide bonds. The number of hydrogen-bond acceptors (Lipinski definition) is 8. The van der Waals surface area contributed by atoms with Crippen molar-refractivity contribution < 1.29 is 14.3 Å². The monoisotopic (exact) mass is 517 g/mol. The van der Waals surface area contributed by atoms with E-state index in [2.05, 4.69) is 47.9 Å². The molecule has 38 heavy (non-hydrogen) atoms. The van der Waals surface area contributed by atoms with E-state index < -0.39 is 0 Å². The molecule has 1 aliphatic rings. The molecule has 2 aromatic carbocycles. The zero-order chi connectivity index (χ0) is 26.7. The first-order valence-electron chi connectivity index (χ1n) is 12.8. The number of methoxy groups -OCH3 is 1. The maximum Gasteiger partial charge on any atom is 0.239 e. The van der Waals surface area contributed by atoms with Crippen molar-refractivity contribution in [3.63, 3.8) is 0 Å². The summed E-state index contributed by atoms with van der Waals surface area (Å²) in [6.45, 7) is 7.24. The number of piperazine rings is 1. The number of anilines is 2. The van der Waals surface area contributed by atoms with E-state index in [1.165, 1.54) is 12.5 Å². The highest BCUT2D eigenvalue weighted by molar-refractivity contribution is 5.91. The van der Waals surface area contributed by atoms with Crippen molar-refractivity contribution in [3.8, 4) is 17.1 Å². The number of ether oxygens (including phenoxy) is 1. The molecule has 1 aliphatic heterocycles. The van der Waals surface area contributed by atoms with Crippen LogP contribution in [0.2, 0.25) is 0 Å². The zero-order valence-electron chi connectivity index (χ0n) is 21.9. The lowest BCUT2D eigenvalue weighted by molar-refractivity contribution is -0.119. The molecule has 3 aromatic rings. The van der Waals surface area contributed by atoms with Crippen LogP contribution >= 0.6 is 0 Å². The summed E-state index contributed by atoms with van der Waals surface area (Å²) in [5, 5.41) is 8.99. The van der Waals surface area contributed by atoms with Crippen molar-refractivity contribution >= 4 is 23.3 Å². The Labute approximate surface area is 223 Å². The van der Waals surface area contributed by atoms with Crippen molar-refractivity contribution in [2.24, 2.45) is 0 Å². The molecule has 0 saturated carbocycles. The average Bonchev–Trinajstić information content (AvgIpc) is 2.93. The van der Waals surface area contributed by atoms with Gasteiger partial charge in [-0.25, -0.2) is 9.97 Å². The number of carbonyl (C=O) groups excluding carboxylic acids is 2. The molecule has 0 spiro atoms. The zero-order valence-corrected chi connectivity index (χ0v) is 21.9. The molecule has 1 saturated heterocycles. The van der Waals surface area contributed by atoms with Gasteiger partial charge in [-0.15, -0.1) is 0 Å². The van der Waals surface area contributed by atoms with E-state index in [1.54, 1.807) is 19.4 Å². The first kappa shape index (κ1) is 27.0. The number of benzene rings is 2. The molecule has 0 bridgehead atoms. The van der Waals surface area contributed by atoms with Gasteiger partial charge >= 0.3 is 0 Å². The summed E-state index contributed by atoms with van der Waals surface area (Å²) in [5.41, 5.74) is 2.93. The van der Waals surface area contributed by atoms with Crippen LogP contribution in [0.3, 0.4) is 0 Å². The van der Waals surface area contributed by atoms with Gasteiger partial charge in [0.2, 0.25) is 11.8 Å². The Morgan fingerprint density at radius 1 is 0.947 bits per heavy atom. The van der Waals surface area contributed by atoms with Crippen LogP contribution in [0.1, 0.15) is 12.5 Å². The fourth-order valence-corrected chi connectivity index (χ4v) is 4.31. The van der Waals surface area contributed by atoms with Crippen LogP contribution in [0.5, 0.6) is 5.75 Å². The van der Waals surface area contributed by atoms with E-state index in [1.807, 2.05) is 36.4 Å². The Kier molecular flexibility index (Phi) is 9.60. The molecule has 2 heterocycles. The molecule has 200 valence electrons. The molecule has 0 unspecified atom stereocenters. The number of para-hydroxylation sites is 1. The minimum atomic E-state index is -0.0972. The first-order chi connectivity index (χ1) is 18.5. The molecular weight excluding hydrogens is 482 g/mol. The second kappa shape index (κ2) is 13.5. The van der Waals surface area contributed by atoms with Crippen molar-refractivity contribution in [1.82, 2.24) is 25.1 Å². The smallest absolute Gasteiger partial charge is 0.239 e. The number of amides is 2. The summed E-state index contributed by atoms with van der Waals surface area (Å²) in [6, 6.07) is 17.5. The van der Waals surface area contributed by atoms with E-state index in [-0.39, 0.29) is 11.8 Å². The summed E-state index contributed by atoms with van der Waals surface area (Å²) in [6.07, 6.45) is 1.64. The summed E-state index contributed by atoms with van der Waals surface area (Å²) in [4.78, 5) is 37.4. The van der Waals surface area contributed by atoms with Crippen LogP contribution in [0.25, 0.3) is 11.4 Å². The number of hydrogen-bond donors (Lipinski definition) is 3. The fourth-order valence-electron chi connectivity index (χ4n) is 4.31. The van der Waals surface area contributed by atoms with E-state index >= 15 is 0 Å². The Hall–Kier alpha value is -4.02. The van der Waals surface area contributed by atoms with Crippen LogP contribution in [0, 0.1) is 0 Å². The lowest BCUT2D eigenvalue weighted by atomic mass is 10.1. The van der Waals surface area contributed by atoms with E-state index in [0.717, 1.165) is 49.7 Å². The quantitative estimate of drug-likeness (QED) is 0.333. The molecule has 1 fully saturated rings. The number of aromatic nitrogens is 2. The van der Waals surface area contributed by atoms with Gasteiger partial charge in [-0.1, -0.05) is 24.3 Å². The summed E-state index contributed by atoms with van der Waals surface area (Å²) < 4.78 is 5.23. The van der Waals surface area contributed by atoms with Crippen molar-refractivity contribution in [3.05, 3.63) is 66.4 Å². The lowest BCUT2D eigenvalue weighted by Gasteiger charge is -2.34. The maximum absolute atomic E-state index is 12.8. The van der Waals surface area contributed by atoms with E-state index in [4.69, 9.17) is 4.74 Å². The molecule has 10 nitrogen and oxygen atoms in total. The summed E-state index contributed by atoms with van der Waals surface area (Å²) >= 11 is 0. The number of carbonyl (C=O) groups is 2. The van der Waals surface area contributed by atoms with Crippen molar-refractivity contribution in [2.45, 2.75) is 13.5 Å². The van der Waals surface area contributed by atoms with Crippen LogP contribution in [0.4, 0.5) is 11.5 Å². The lowest BCUT2D eigenvalue weighted by Crippen LogP contribution is -2.48. The van der Waals surface area contributed by atoms with Gasteiger partial charge in [-0.2, -0.15) is 0 Å². The molecular formula is C28H35N7O3. The second-order valence-electron chi connectivity index (χ2n) is 9.17. The second-order valence-corrected chi connectivity index (χ2v) is 9.17. The predicted molar refractivity (Wildman–Crippen MR) is 148 cm³/mol. The SMILES string of the molecule is COc1ccc(CN2CCN(CC(=O)Nc3ccnc(-c4ccccc4NCCNC(C)=O)n3)CC2)cc1. The number of nitrogens with one attached hydrogen (secondary N) is 3. The van der Waals surface area contributed by atoms with Gasteiger partial charge in [0.1, 0.15) is 11.6 Å². The first-order valence-corrected chi connectivity index (χ1v) is 12.8. The summed E-state index contributed by atoms with van der Waals surface area (Å²) in [5.74, 6) is 1.67. The Morgan fingerprint density at radius 2 is 1.68 bits per heavy atom. The Bertz CT molecular complexity index is 1210. The third-order valence-corrected chi connectivity index (χ3v) is 6.30. The van der Waals surface area contributed by atoms with Crippen molar-refractivity contribution in [2.75, 3.05) is 63.6 Å². The largest absolute Gasteiger partial charge is 0.497 e. The van der Waals surface area contributed by atoms with Gasteiger partial charge in [-0.05, 0) is 35.9 Å². The molecule has 0 atom stereocenters. The normalized spacial score (nSPS) is 14.1. The van der Waals surface area contributed by atoms with Gasteiger partial charge < -0.3 is 20.7 Å². The number of rotatable bonds is 11. The van der Waals surface area contributed by atoms with E-state index in [0.29, 0.717) is 31.3 Å². The van der Waals surface area contributed by atoms with Gasteiger partial charge in [-0.3, -0.25) is 19.4 Å². The summed E-state index contributed by atoms with van der Waals surface area (Å²) in [7, 11) is 1.67. The van der Waals surface area contributed by atoms with Gasteiger partial charge in [0, 0.05) is 70.2 Å². The molecule has 1 aromatic heterocycles. The minimum absolute atomic E-state index is 0.0673. The van der Waals surface area contributed by atoms with Crippen LogP contribution < -0.4 is 20.7 Å². The topological polar surface area (TPSA) is 112 Å². The minimum Gasteiger partial charge on any atom is -0.497 e. The molecule has 0 aliphatic carbocycles. The van der Waals surface area contributed by atoms with Crippen LogP contribution in [-0.2, 0) is 16.1 Å². The van der Waals surface area contributed by atoms with Crippen LogP contribution in [0.15, 0.2) is 60.8 Å². The molecule has 10 heteroatoms. The average molecular weight is 518 g/mol. The third-order valence-electron chi connectivity index (χ3n) is 6.30. The molecule has 3 N–H and O–H groups in total. The number of nitrogens with zero attached hydrogens (tertiary/aromatic N) is 4. The Morgan fingerprint density at radius 3 is 2.42 bits per heavy atom. The van der Waals surface area contributed by atoms with Crippen LogP contribution in [-0.4, -0.2) is 84.5 Å². The predicted octanol–water partition coefficient (Wildman–Crippen LogP) is 2.46. The molecule has 0 radical (unpaired) electrons. The molecule has 4 rings (SSSR count). The third kappa shape index (κ3) is 7.99. The van der Waals surface area contributed by atoms with Gasteiger partial charge in [0.15, 0.2) is 5.82 Å². The highest BCUT2D eigenvalue weighted by Gasteiger charge is 2.19. The standard InChI is InChI=1S/C28H35N7O3/c1-21(36)29-13-14-30-25-6-4-3-5-24(25)28-31-12-11-26(33-28)32-27(37)20-35-17-15-34(16-18-35)19-22-7-9-23(38-2)10-8-22/h3-12,30H,13-20H2,1-2H3,(H,29,36)(H,31,32,33,37). The van der Waals surface area contributed by atoms with E-state index in [9.17, 15) is 9.59 Å². The maximum atomic E-state index is 12.8. The Balaban J connectivity index is 1.27. The highest BCUT2D eigenvalue weighted by atomic mass is 16.5. The fraction of sp³-hybridized carbons (Fsp3) is 0.357.